The van der Waals surface area contributed by atoms with Gasteiger partial charge >= 0.3 is 0 Å². The van der Waals surface area contributed by atoms with E-state index < -0.39 is 10.0 Å². The van der Waals surface area contributed by atoms with Crippen molar-refractivity contribution < 1.29 is 8.42 Å². The number of thiazole rings is 1. The lowest BCUT2D eigenvalue weighted by molar-refractivity contribution is 0.587. The first-order valence-corrected chi connectivity index (χ1v) is 6.39. The summed E-state index contributed by atoms with van der Waals surface area (Å²) < 4.78 is 23.7. The Hall–Kier alpha value is -0.660. The van der Waals surface area contributed by atoms with Gasteiger partial charge in [-0.25, -0.2) is 18.1 Å². The molecule has 1 heterocycles. The van der Waals surface area contributed by atoms with Crippen LogP contribution in [0.2, 0.25) is 0 Å². The third kappa shape index (κ3) is 4.20. The number of nitrogens with zero attached hydrogens (tertiary/aromatic N) is 1. The second kappa shape index (κ2) is 4.03. The molecule has 0 radical (unpaired) electrons. The van der Waals surface area contributed by atoms with Gasteiger partial charge in [-0.15, -0.1) is 11.3 Å². The molecule has 7 heteroatoms. The Morgan fingerprint density at radius 2 is 2.38 bits per heavy atom. The van der Waals surface area contributed by atoms with Crippen molar-refractivity contribution >= 4 is 26.5 Å². The minimum atomic E-state index is -3.09. The van der Waals surface area contributed by atoms with Crippen molar-refractivity contribution in [2.45, 2.75) is 6.42 Å². The fourth-order valence-corrected chi connectivity index (χ4v) is 1.87. The van der Waals surface area contributed by atoms with Crippen molar-refractivity contribution in [3.63, 3.8) is 0 Å². The smallest absolute Gasteiger partial charge is 0.208 e. The minimum Gasteiger partial charge on any atom is -0.375 e. The summed E-state index contributed by atoms with van der Waals surface area (Å²) in [6, 6.07) is 0. The summed E-state index contributed by atoms with van der Waals surface area (Å²) in [6.45, 7) is 0.363. The summed E-state index contributed by atoms with van der Waals surface area (Å²) >= 11 is 1.35. The third-order valence-corrected chi connectivity index (χ3v) is 2.77. The molecule has 74 valence electrons. The van der Waals surface area contributed by atoms with Crippen LogP contribution in [0.1, 0.15) is 5.69 Å². The van der Waals surface area contributed by atoms with E-state index in [1.807, 2.05) is 5.38 Å². The van der Waals surface area contributed by atoms with Gasteiger partial charge in [-0.05, 0) is 0 Å². The van der Waals surface area contributed by atoms with E-state index in [1.54, 1.807) is 0 Å². The van der Waals surface area contributed by atoms with Gasteiger partial charge in [-0.3, -0.25) is 0 Å². The summed E-state index contributed by atoms with van der Waals surface area (Å²) in [5, 5.41) is 2.33. The van der Waals surface area contributed by atoms with E-state index in [9.17, 15) is 8.42 Å². The van der Waals surface area contributed by atoms with Gasteiger partial charge in [0.25, 0.3) is 0 Å². The molecular weight excluding hydrogens is 210 g/mol. The van der Waals surface area contributed by atoms with Crippen LogP contribution in [-0.2, 0) is 16.4 Å². The van der Waals surface area contributed by atoms with E-state index in [2.05, 4.69) is 9.71 Å². The average molecular weight is 221 g/mol. The third-order valence-electron chi connectivity index (χ3n) is 1.31. The molecule has 0 aromatic carbocycles. The fourth-order valence-electron chi connectivity index (χ4n) is 0.802. The van der Waals surface area contributed by atoms with Crippen molar-refractivity contribution in [2.24, 2.45) is 0 Å². The van der Waals surface area contributed by atoms with E-state index in [-0.39, 0.29) is 0 Å². The highest BCUT2D eigenvalue weighted by Crippen LogP contribution is 2.10. The number of sulfonamides is 1. The van der Waals surface area contributed by atoms with Crippen LogP contribution < -0.4 is 10.5 Å². The number of nitrogens with two attached hydrogens (primary N) is 1. The molecule has 0 bridgehead atoms. The van der Waals surface area contributed by atoms with Crippen LogP contribution in [0.4, 0.5) is 5.13 Å². The molecule has 0 aliphatic rings. The molecule has 1 aromatic heterocycles. The first kappa shape index (κ1) is 10.4. The Labute approximate surface area is 81.0 Å². The predicted octanol–water partition coefficient (Wildman–Crippen LogP) is -0.183. The molecule has 3 N–H and O–H groups in total. The van der Waals surface area contributed by atoms with E-state index in [4.69, 9.17) is 5.73 Å². The van der Waals surface area contributed by atoms with Crippen molar-refractivity contribution in [1.82, 2.24) is 9.71 Å². The van der Waals surface area contributed by atoms with Crippen molar-refractivity contribution in [3.8, 4) is 0 Å². The number of hydrogen-bond donors (Lipinski definition) is 2. The predicted molar refractivity (Wildman–Crippen MR) is 53.1 cm³/mol. The zero-order valence-electron chi connectivity index (χ0n) is 7.15. The number of anilines is 1. The molecule has 0 saturated carbocycles. The SMILES string of the molecule is CS(=O)(=O)NCCc1csc(N)n1. The van der Waals surface area contributed by atoms with Crippen molar-refractivity contribution in [2.75, 3.05) is 18.5 Å². The topological polar surface area (TPSA) is 85.1 Å². The van der Waals surface area contributed by atoms with E-state index in [1.165, 1.54) is 11.3 Å². The molecule has 5 nitrogen and oxygen atoms in total. The maximum absolute atomic E-state index is 10.7. The second-order valence-corrected chi connectivity index (χ2v) is 5.32. The molecule has 0 aliphatic carbocycles. The average Bonchev–Trinajstić information content (AvgIpc) is 2.33. The zero-order valence-corrected chi connectivity index (χ0v) is 8.78. The van der Waals surface area contributed by atoms with Crippen LogP contribution >= 0.6 is 11.3 Å². The maximum atomic E-state index is 10.7. The van der Waals surface area contributed by atoms with Crippen LogP contribution in [0.3, 0.4) is 0 Å². The Balaban J connectivity index is 2.36. The van der Waals surface area contributed by atoms with Crippen LogP contribution in [0.15, 0.2) is 5.38 Å². The van der Waals surface area contributed by atoms with Crippen LogP contribution in [0, 0.1) is 0 Å². The van der Waals surface area contributed by atoms with Gasteiger partial charge in [0.15, 0.2) is 5.13 Å². The standard InChI is InChI=1S/C6H11N3O2S2/c1-13(10,11)8-3-2-5-4-12-6(7)9-5/h4,8H,2-3H2,1H3,(H2,7,9). The highest BCUT2D eigenvalue weighted by Gasteiger charge is 2.02. The molecule has 1 aromatic rings. The number of aromatic nitrogens is 1. The molecule has 0 aliphatic heterocycles. The Bertz CT molecular complexity index is 371. The highest BCUT2D eigenvalue weighted by atomic mass is 32.2. The number of nitrogen functional groups attached to an aromatic ring is 1. The molecule has 0 fully saturated rings. The van der Waals surface area contributed by atoms with Gasteiger partial charge in [-0.2, -0.15) is 0 Å². The first-order chi connectivity index (χ1) is 5.97. The van der Waals surface area contributed by atoms with Gasteiger partial charge in [-0.1, -0.05) is 0 Å². The quantitative estimate of drug-likeness (QED) is 0.738. The fraction of sp³-hybridized carbons (Fsp3) is 0.500. The Morgan fingerprint density at radius 3 is 2.85 bits per heavy atom. The lowest BCUT2D eigenvalue weighted by Gasteiger charge is -1.98. The number of nitrogens with one attached hydrogen (secondary N) is 1. The summed E-state index contributed by atoms with van der Waals surface area (Å²) in [4.78, 5) is 3.99. The molecule has 0 amide bonds. The van der Waals surface area contributed by atoms with Gasteiger partial charge in [0.1, 0.15) is 0 Å². The lowest BCUT2D eigenvalue weighted by atomic mass is 10.3. The van der Waals surface area contributed by atoms with Gasteiger partial charge < -0.3 is 5.73 Å². The van der Waals surface area contributed by atoms with Crippen molar-refractivity contribution in [1.29, 1.82) is 0 Å². The van der Waals surface area contributed by atoms with Gasteiger partial charge in [0, 0.05) is 18.3 Å². The molecule has 0 spiro atoms. The molecular formula is C6H11N3O2S2. The van der Waals surface area contributed by atoms with Crippen molar-refractivity contribution in [3.05, 3.63) is 11.1 Å². The zero-order chi connectivity index (χ0) is 9.90. The minimum absolute atomic E-state index is 0.363. The Kier molecular flexibility index (Phi) is 3.23. The van der Waals surface area contributed by atoms with Gasteiger partial charge in [0.05, 0.1) is 11.9 Å². The first-order valence-electron chi connectivity index (χ1n) is 3.62. The van der Waals surface area contributed by atoms with E-state index >= 15 is 0 Å². The van der Waals surface area contributed by atoms with Crippen LogP contribution in [0.25, 0.3) is 0 Å². The van der Waals surface area contributed by atoms with E-state index in [0.717, 1.165) is 11.9 Å². The van der Waals surface area contributed by atoms with Gasteiger partial charge in [0.2, 0.25) is 10.0 Å². The molecule has 13 heavy (non-hydrogen) atoms. The molecule has 0 saturated heterocycles. The lowest BCUT2D eigenvalue weighted by Crippen LogP contribution is -2.24. The second-order valence-electron chi connectivity index (χ2n) is 2.59. The van der Waals surface area contributed by atoms with Crippen LogP contribution in [0.5, 0.6) is 0 Å². The summed E-state index contributed by atoms with van der Waals surface area (Å²) in [6.07, 6.45) is 1.70. The largest absolute Gasteiger partial charge is 0.375 e. The molecule has 0 unspecified atom stereocenters. The number of hydrogen-bond acceptors (Lipinski definition) is 5. The van der Waals surface area contributed by atoms with Crippen LogP contribution in [-0.4, -0.2) is 26.2 Å². The monoisotopic (exact) mass is 221 g/mol. The summed E-state index contributed by atoms with van der Waals surface area (Å²) in [7, 11) is -3.09. The Morgan fingerprint density at radius 1 is 1.69 bits per heavy atom. The number of rotatable bonds is 4. The molecule has 1 rings (SSSR count). The van der Waals surface area contributed by atoms with E-state index in [0.29, 0.717) is 18.1 Å². The summed E-state index contributed by atoms with van der Waals surface area (Å²) in [5.74, 6) is 0. The molecule has 0 atom stereocenters. The summed E-state index contributed by atoms with van der Waals surface area (Å²) in [5.41, 5.74) is 6.22. The normalized spacial score (nSPS) is 11.8. The maximum Gasteiger partial charge on any atom is 0.208 e. The highest BCUT2D eigenvalue weighted by molar-refractivity contribution is 7.88.